The molecule has 1 aromatic rings. The van der Waals surface area contributed by atoms with E-state index in [9.17, 15) is 14.0 Å². The van der Waals surface area contributed by atoms with E-state index >= 15 is 0 Å². The van der Waals surface area contributed by atoms with Gasteiger partial charge in [-0.05, 0) is 13.0 Å². The Bertz CT molecular complexity index is 832. The number of amides is 1. The van der Waals surface area contributed by atoms with Gasteiger partial charge in [0, 0.05) is 37.8 Å². The molecular formula is C20H24FN3O6. The van der Waals surface area contributed by atoms with E-state index in [2.05, 4.69) is 16.5 Å². The van der Waals surface area contributed by atoms with Crippen LogP contribution < -0.4 is 4.74 Å². The van der Waals surface area contributed by atoms with Crippen molar-refractivity contribution in [3.8, 4) is 5.88 Å². The Morgan fingerprint density at radius 3 is 2.63 bits per heavy atom. The summed E-state index contributed by atoms with van der Waals surface area (Å²) < 4.78 is 36.5. The summed E-state index contributed by atoms with van der Waals surface area (Å²) in [5.74, 6) is -1.69. The molecule has 0 radical (unpaired) electrons. The Morgan fingerprint density at radius 2 is 2.03 bits per heavy atom. The topological polar surface area (TPSA) is 100 Å². The third-order valence-corrected chi connectivity index (χ3v) is 5.62. The molecule has 4 rings (SSSR count). The van der Waals surface area contributed by atoms with Gasteiger partial charge in [0.15, 0.2) is 0 Å². The summed E-state index contributed by atoms with van der Waals surface area (Å²) in [7, 11) is 0. The molecule has 3 aliphatic rings. The maximum absolute atomic E-state index is 14.5. The highest BCUT2D eigenvalue weighted by atomic mass is 19.1. The molecule has 10 heteroatoms. The van der Waals surface area contributed by atoms with Gasteiger partial charge in [-0.25, -0.2) is 14.6 Å². The zero-order valence-electron chi connectivity index (χ0n) is 16.7. The fourth-order valence-corrected chi connectivity index (χ4v) is 3.92. The van der Waals surface area contributed by atoms with Crippen LogP contribution in [0.1, 0.15) is 25.5 Å². The second kappa shape index (κ2) is 8.17. The van der Waals surface area contributed by atoms with Crippen molar-refractivity contribution in [1.82, 2.24) is 14.9 Å². The number of esters is 1. The van der Waals surface area contributed by atoms with Crippen LogP contribution in [0.25, 0.3) is 6.08 Å². The van der Waals surface area contributed by atoms with Crippen LogP contribution in [-0.2, 0) is 19.0 Å². The van der Waals surface area contributed by atoms with Crippen molar-refractivity contribution in [2.24, 2.45) is 11.8 Å². The summed E-state index contributed by atoms with van der Waals surface area (Å²) in [6.45, 7) is 6.79. The van der Waals surface area contributed by atoms with Gasteiger partial charge in [-0.15, -0.1) is 0 Å². The fourth-order valence-electron chi connectivity index (χ4n) is 3.92. The second-order valence-electron chi connectivity index (χ2n) is 7.71. The molecule has 1 aliphatic carbocycles. The largest absolute Gasteiger partial charge is 0.471 e. The van der Waals surface area contributed by atoms with Gasteiger partial charge in [0.05, 0.1) is 19.8 Å². The lowest BCUT2D eigenvalue weighted by Gasteiger charge is -2.45. The molecule has 2 atom stereocenters. The Labute approximate surface area is 173 Å². The van der Waals surface area contributed by atoms with E-state index in [0.717, 1.165) is 0 Å². The van der Waals surface area contributed by atoms with E-state index in [4.69, 9.17) is 18.9 Å². The smallest absolute Gasteiger partial charge is 0.410 e. The van der Waals surface area contributed by atoms with Gasteiger partial charge in [0.1, 0.15) is 18.1 Å². The minimum atomic E-state index is -1.16. The highest BCUT2D eigenvalue weighted by Crippen LogP contribution is 2.42. The number of hydrogen-bond acceptors (Lipinski definition) is 8. The minimum absolute atomic E-state index is 0.0659. The number of halogens is 1. The molecule has 1 aromatic heterocycles. The van der Waals surface area contributed by atoms with Crippen molar-refractivity contribution < 1.29 is 32.9 Å². The predicted octanol–water partition coefficient (Wildman–Crippen LogP) is 1.82. The summed E-state index contributed by atoms with van der Waals surface area (Å²) in [4.78, 5) is 34.1. The summed E-state index contributed by atoms with van der Waals surface area (Å²) in [5, 5.41) is 0. The average Bonchev–Trinajstić information content (AvgIpc) is 3.50. The van der Waals surface area contributed by atoms with Crippen LogP contribution in [0.4, 0.5) is 9.18 Å². The lowest BCUT2D eigenvalue weighted by Crippen LogP contribution is -2.59. The first-order valence-corrected chi connectivity index (χ1v) is 10.00. The van der Waals surface area contributed by atoms with Crippen molar-refractivity contribution in [3.05, 3.63) is 24.4 Å². The van der Waals surface area contributed by atoms with Crippen LogP contribution in [-0.4, -0.2) is 71.5 Å². The van der Waals surface area contributed by atoms with E-state index in [1.807, 2.05) is 0 Å². The van der Waals surface area contributed by atoms with Gasteiger partial charge >= 0.3 is 12.1 Å². The quantitative estimate of drug-likeness (QED) is 0.642. The lowest BCUT2D eigenvalue weighted by molar-refractivity contribution is -0.157. The molecular weight excluding hydrogens is 397 g/mol. The number of ether oxygens (including phenoxy) is 4. The fraction of sp³-hybridized carbons (Fsp3) is 0.600. The molecule has 162 valence electrons. The second-order valence-corrected chi connectivity index (χ2v) is 7.71. The molecule has 2 saturated heterocycles. The molecule has 2 bridgehead atoms. The molecule has 1 saturated carbocycles. The van der Waals surface area contributed by atoms with E-state index < -0.39 is 23.5 Å². The summed E-state index contributed by atoms with van der Waals surface area (Å²) in [5.41, 5.74) is -1.09. The van der Waals surface area contributed by atoms with Gasteiger partial charge in [0.25, 0.3) is 5.88 Å². The monoisotopic (exact) mass is 421 g/mol. The van der Waals surface area contributed by atoms with Crippen molar-refractivity contribution >= 4 is 18.1 Å². The molecule has 2 aliphatic heterocycles. The third-order valence-electron chi connectivity index (χ3n) is 5.62. The van der Waals surface area contributed by atoms with Gasteiger partial charge in [-0.1, -0.05) is 6.58 Å². The van der Waals surface area contributed by atoms with E-state index in [0.29, 0.717) is 39.1 Å². The van der Waals surface area contributed by atoms with E-state index in [1.54, 1.807) is 11.8 Å². The maximum atomic E-state index is 14.5. The Hall–Kier alpha value is -2.75. The summed E-state index contributed by atoms with van der Waals surface area (Å²) >= 11 is 0. The van der Waals surface area contributed by atoms with Crippen LogP contribution in [0.15, 0.2) is 12.9 Å². The third kappa shape index (κ3) is 3.83. The molecule has 0 spiro atoms. The van der Waals surface area contributed by atoms with Crippen LogP contribution in [0.3, 0.4) is 0 Å². The molecule has 0 N–H and O–H groups in total. The van der Waals surface area contributed by atoms with Crippen LogP contribution >= 0.6 is 0 Å². The maximum Gasteiger partial charge on any atom is 0.410 e. The standard InChI is InChI=1S/C20H24FN3O6/c1-3-14-15(21)17(23-11-22-14)29-16-12-7-24(8-13(16)10-27-9-12)19(26)30-20(5-6-20)18(25)28-4-2/h3,11-13,16H,1,4-10H2,2H3. The number of piperidine rings is 1. The van der Waals surface area contributed by atoms with Gasteiger partial charge in [-0.2, -0.15) is 9.37 Å². The van der Waals surface area contributed by atoms with Crippen LogP contribution in [0, 0.1) is 17.7 Å². The van der Waals surface area contributed by atoms with Crippen molar-refractivity contribution in [2.75, 3.05) is 32.9 Å². The molecule has 30 heavy (non-hydrogen) atoms. The minimum Gasteiger partial charge on any atom is -0.471 e. The number of nitrogens with zero attached hydrogens (tertiary/aromatic N) is 3. The Kier molecular flexibility index (Phi) is 5.59. The molecule has 9 nitrogen and oxygen atoms in total. The molecule has 1 amide bonds. The molecule has 0 aromatic carbocycles. The number of likely N-dealkylation sites (tertiary alicyclic amines) is 1. The predicted molar refractivity (Wildman–Crippen MR) is 101 cm³/mol. The number of hydrogen-bond donors (Lipinski definition) is 0. The highest BCUT2D eigenvalue weighted by molar-refractivity contribution is 5.86. The Balaban J connectivity index is 1.43. The Morgan fingerprint density at radius 1 is 1.33 bits per heavy atom. The number of fused-ring (bicyclic) bond motifs is 2. The average molecular weight is 421 g/mol. The zero-order chi connectivity index (χ0) is 21.3. The van der Waals surface area contributed by atoms with Crippen molar-refractivity contribution in [1.29, 1.82) is 0 Å². The van der Waals surface area contributed by atoms with Crippen LogP contribution in [0.2, 0.25) is 0 Å². The normalized spacial score (nSPS) is 26.5. The first kappa shape index (κ1) is 20.5. The van der Waals surface area contributed by atoms with Gasteiger partial charge in [-0.3, -0.25) is 0 Å². The van der Waals surface area contributed by atoms with Gasteiger partial charge in [0.2, 0.25) is 11.4 Å². The summed E-state index contributed by atoms with van der Waals surface area (Å²) in [6.07, 6.45) is 2.52. The number of aromatic nitrogens is 2. The molecule has 3 heterocycles. The summed E-state index contributed by atoms with van der Waals surface area (Å²) in [6, 6.07) is 0. The van der Waals surface area contributed by atoms with Gasteiger partial charge < -0.3 is 23.8 Å². The first-order valence-electron chi connectivity index (χ1n) is 10.00. The van der Waals surface area contributed by atoms with Crippen LogP contribution in [0.5, 0.6) is 5.88 Å². The lowest BCUT2D eigenvalue weighted by atomic mass is 9.84. The van der Waals surface area contributed by atoms with E-state index in [1.165, 1.54) is 12.4 Å². The SMILES string of the molecule is C=Cc1ncnc(OC2C3COCC2CN(C(=O)OC2(C(=O)OCC)CC2)C3)c1F. The highest BCUT2D eigenvalue weighted by Gasteiger charge is 2.57. The number of carbonyl (C=O) groups is 2. The zero-order valence-corrected chi connectivity index (χ0v) is 16.7. The molecule has 3 fully saturated rings. The van der Waals surface area contributed by atoms with Crippen molar-refractivity contribution in [2.45, 2.75) is 31.5 Å². The van der Waals surface area contributed by atoms with Crippen molar-refractivity contribution in [3.63, 3.8) is 0 Å². The van der Waals surface area contributed by atoms with E-state index in [-0.39, 0.29) is 36.1 Å². The first-order chi connectivity index (χ1) is 14.5. The number of rotatable bonds is 6. The number of carbonyl (C=O) groups excluding carboxylic acids is 2. The molecule has 2 unspecified atom stereocenters.